The van der Waals surface area contributed by atoms with Gasteiger partial charge >= 0.3 is 5.97 Å². The van der Waals surface area contributed by atoms with Gasteiger partial charge in [-0.15, -0.1) is 11.8 Å². The van der Waals surface area contributed by atoms with E-state index < -0.39 is 12.0 Å². The van der Waals surface area contributed by atoms with Crippen LogP contribution in [0.4, 0.5) is 5.88 Å². The van der Waals surface area contributed by atoms with Crippen molar-refractivity contribution in [1.29, 1.82) is 0 Å². The lowest BCUT2D eigenvalue weighted by atomic mass is 9.96. The van der Waals surface area contributed by atoms with Gasteiger partial charge < -0.3 is 14.1 Å². The second-order valence-electron chi connectivity index (χ2n) is 8.38. The number of carbonyl (C=O) groups is 1. The summed E-state index contributed by atoms with van der Waals surface area (Å²) in [5, 5.41) is 0. The van der Waals surface area contributed by atoms with Gasteiger partial charge in [0.1, 0.15) is 5.76 Å². The minimum Gasteiger partial charge on any atom is -0.459 e. The van der Waals surface area contributed by atoms with Crippen molar-refractivity contribution >= 4 is 41.0 Å². The summed E-state index contributed by atoms with van der Waals surface area (Å²) in [4.78, 5) is 34.8. The molecule has 0 aliphatic carbocycles. The van der Waals surface area contributed by atoms with Crippen LogP contribution in [-0.2, 0) is 9.53 Å². The molecule has 2 aromatic heterocycles. The van der Waals surface area contributed by atoms with Gasteiger partial charge in [-0.3, -0.25) is 9.36 Å². The minimum absolute atomic E-state index is 0.229. The highest BCUT2D eigenvalue weighted by molar-refractivity contribution is 7.98. The molecule has 0 amide bonds. The summed E-state index contributed by atoms with van der Waals surface area (Å²) in [6, 6.07) is 10.9. The lowest BCUT2D eigenvalue weighted by Gasteiger charge is -2.25. The Morgan fingerprint density at radius 2 is 1.94 bits per heavy atom. The molecule has 3 aromatic rings. The van der Waals surface area contributed by atoms with Gasteiger partial charge in [0.15, 0.2) is 10.7 Å². The van der Waals surface area contributed by atoms with E-state index in [0.717, 1.165) is 10.5 Å². The number of thiazole rings is 1. The number of furan rings is 1. The third-order valence-electron chi connectivity index (χ3n) is 5.34. The van der Waals surface area contributed by atoms with Crippen molar-refractivity contribution in [3.63, 3.8) is 0 Å². The van der Waals surface area contributed by atoms with Crippen molar-refractivity contribution in [2.45, 2.75) is 37.8 Å². The zero-order valence-corrected chi connectivity index (χ0v) is 21.6. The number of aromatic nitrogens is 1. The lowest BCUT2D eigenvalue weighted by Crippen LogP contribution is -2.40. The maximum atomic E-state index is 13.6. The summed E-state index contributed by atoms with van der Waals surface area (Å²) in [5.41, 5.74) is 1.51. The number of nitrogens with zero attached hydrogens (tertiary/aromatic N) is 3. The largest absolute Gasteiger partial charge is 0.459 e. The summed E-state index contributed by atoms with van der Waals surface area (Å²) in [5.74, 6) is 0.802. The standard InChI is InChI=1S/C25H27N3O4S2/c1-14(2)31-24(30)21-15(3)26-25-28(22(21)16-7-10-18(33-6)11-8-16)23(29)19(34-25)13-17-9-12-20(32-17)27(4)5/h7-14,22H,1-6H3/b19-13-/t22-/m1/s1. The molecular weight excluding hydrogens is 470 g/mol. The Kier molecular flexibility index (Phi) is 6.86. The summed E-state index contributed by atoms with van der Waals surface area (Å²) in [7, 11) is 3.78. The first-order valence-corrected chi connectivity index (χ1v) is 12.9. The number of allylic oxidation sites excluding steroid dienone is 1. The Morgan fingerprint density at radius 3 is 2.53 bits per heavy atom. The van der Waals surface area contributed by atoms with Crippen LogP contribution in [0.25, 0.3) is 6.08 Å². The monoisotopic (exact) mass is 497 g/mol. The number of fused-ring (bicyclic) bond motifs is 1. The molecule has 0 N–H and O–H groups in total. The highest BCUT2D eigenvalue weighted by Gasteiger charge is 2.33. The fourth-order valence-electron chi connectivity index (χ4n) is 3.75. The fourth-order valence-corrected chi connectivity index (χ4v) is 5.19. The number of hydrogen-bond donors (Lipinski definition) is 0. The number of hydrogen-bond acceptors (Lipinski definition) is 8. The van der Waals surface area contributed by atoms with Gasteiger partial charge in [0, 0.05) is 31.1 Å². The third-order valence-corrected chi connectivity index (χ3v) is 7.07. The Hall–Kier alpha value is -3.04. The van der Waals surface area contributed by atoms with Gasteiger partial charge in [0.05, 0.1) is 27.9 Å². The molecule has 9 heteroatoms. The summed E-state index contributed by atoms with van der Waals surface area (Å²) >= 11 is 2.91. The molecule has 0 saturated carbocycles. The second kappa shape index (κ2) is 9.68. The number of benzene rings is 1. The molecule has 34 heavy (non-hydrogen) atoms. The first kappa shape index (κ1) is 24.1. The van der Waals surface area contributed by atoms with Crippen LogP contribution in [0.15, 0.2) is 66.8 Å². The second-order valence-corrected chi connectivity index (χ2v) is 10.3. The van der Waals surface area contributed by atoms with Gasteiger partial charge in [-0.1, -0.05) is 23.5 Å². The average molecular weight is 498 g/mol. The zero-order valence-electron chi connectivity index (χ0n) is 20.0. The number of esters is 1. The van der Waals surface area contributed by atoms with Crippen molar-refractivity contribution in [1.82, 2.24) is 4.57 Å². The topological polar surface area (TPSA) is 77.0 Å². The molecule has 178 valence electrons. The number of rotatable bonds is 6. The van der Waals surface area contributed by atoms with E-state index in [9.17, 15) is 9.59 Å². The van der Waals surface area contributed by atoms with Crippen molar-refractivity contribution in [3.8, 4) is 0 Å². The van der Waals surface area contributed by atoms with Gasteiger partial charge in [-0.05, 0) is 50.8 Å². The van der Waals surface area contributed by atoms with Crippen LogP contribution in [-0.4, -0.2) is 37.0 Å². The quantitative estimate of drug-likeness (QED) is 0.383. The molecule has 1 aromatic carbocycles. The van der Waals surface area contributed by atoms with Crippen LogP contribution in [0, 0.1) is 0 Å². The molecule has 0 unspecified atom stereocenters. The van der Waals surface area contributed by atoms with E-state index in [2.05, 4.69) is 4.99 Å². The third kappa shape index (κ3) is 4.63. The van der Waals surface area contributed by atoms with Crippen molar-refractivity contribution < 1.29 is 13.9 Å². The van der Waals surface area contributed by atoms with Crippen molar-refractivity contribution in [2.24, 2.45) is 4.99 Å². The van der Waals surface area contributed by atoms with E-state index in [1.165, 1.54) is 11.3 Å². The molecular formula is C25H27N3O4S2. The van der Waals surface area contributed by atoms with Crippen molar-refractivity contribution in [3.05, 3.63) is 78.7 Å². The highest BCUT2D eigenvalue weighted by Crippen LogP contribution is 2.32. The molecule has 3 heterocycles. The average Bonchev–Trinajstić information content (AvgIpc) is 3.37. The van der Waals surface area contributed by atoms with Crippen LogP contribution in [0.5, 0.6) is 0 Å². The van der Waals surface area contributed by atoms with Crippen LogP contribution < -0.4 is 19.8 Å². The predicted octanol–water partition coefficient (Wildman–Crippen LogP) is 3.57. The van der Waals surface area contributed by atoms with Gasteiger partial charge in [0.2, 0.25) is 0 Å². The van der Waals surface area contributed by atoms with E-state index in [0.29, 0.717) is 32.2 Å². The maximum absolute atomic E-state index is 13.6. The van der Waals surface area contributed by atoms with E-state index >= 15 is 0 Å². The first-order valence-electron chi connectivity index (χ1n) is 10.8. The molecule has 7 nitrogen and oxygen atoms in total. The molecule has 0 fully saturated rings. The summed E-state index contributed by atoms with van der Waals surface area (Å²) in [6.45, 7) is 5.39. The van der Waals surface area contributed by atoms with Crippen LogP contribution in [0.1, 0.15) is 38.1 Å². The van der Waals surface area contributed by atoms with Crippen LogP contribution in [0.2, 0.25) is 0 Å². The fraction of sp³-hybridized carbons (Fsp3) is 0.320. The molecule has 4 rings (SSSR count). The number of anilines is 1. The van der Waals surface area contributed by atoms with E-state index in [-0.39, 0.29) is 11.7 Å². The van der Waals surface area contributed by atoms with Crippen LogP contribution >= 0.6 is 23.1 Å². The number of ether oxygens (including phenoxy) is 1. The first-order chi connectivity index (χ1) is 16.2. The number of carbonyl (C=O) groups excluding carboxylic acids is 1. The lowest BCUT2D eigenvalue weighted by molar-refractivity contribution is -0.143. The summed E-state index contributed by atoms with van der Waals surface area (Å²) in [6.07, 6.45) is 3.43. The summed E-state index contributed by atoms with van der Waals surface area (Å²) < 4.78 is 13.4. The van der Waals surface area contributed by atoms with E-state index in [1.807, 2.05) is 61.6 Å². The molecule has 1 aliphatic rings. The van der Waals surface area contributed by atoms with Gasteiger partial charge in [-0.2, -0.15) is 0 Å². The zero-order chi connectivity index (χ0) is 24.6. The highest BCUT2D eigenvalue weighted by atomic mass is 32.2. The van der Waals surface area contributed by atoms with E-state index in [1.54, 1.807) is 43.2 Å². The van der Waals surface area contributed by atoms with Gasteiger partial charge in [0.25, 0.3) is 5.56 Å². The maximum Gasteiger partial charge on any atom is 0.338 e. The molecule has 0 bridgehead atoms. The molecule has 1 atom stereocenters. The minimum atomic E-state index is -0.630. The molecule has 1 aliphatic heterocycles. The Morgan fingerprint density at radius 1 is 1.24 bits per heavy atom. The van der Waals surface area contributed by atoms with Crippen LogP contribution in [0.3, 0.4) is 0 Å². The Balaban J connectivity index is 1.90. The Labute approximate surface area is 206 Å². The Bertz CT molecular complexity index is 1430. The smallest absolute Gasteiger partial charge is 0.338 e. The SMILES string of the molecule is CSc1ccc([C@@H]2C(C(=O)OC(C)C)=C(C)N=c3s/c(=C\c4ccc(N(C)C)o4)c(=O)n32)cc1. The van der Waals surface area contributed by atoms with E-state index in [4.69, 9.17) is 9.15 Å². The van der Waals surface area contributed by atoms with Gasteiger partial charge in [-0.25, -0.2) is 9.79 Å². The predicted molar refractivity (Wildman–Crippen MR) is 136 cm³/mol. The molecule has 0 spiro atoms. The molecule has 0 saturated heterocycles. The molecule has 0 radical (unpaired) electrons. The number of thioether (sulfide) groups is 1. The van der Waals surface area contributed by atoms with Crippen molar-refractivity contribution in [2.75, 3.05) is 25.3 Å². The normalized spacial score (nSPS) is 16.0.